The third-order valence-corrected chi connectivity index (χ3v) is 6.20. The zero-order valence-electron chi connectivity index (χ0n) is 21.7. The molecule has 0 bridgehead atoms. The van der Waals surface area contributed by atoms with Crippen LogP contribution in [-0.2, 0) is 0 Å². The first kappa shape index (κ1) is 24.6. The highest BCUT2D eigenvalue weighted by Gasteiger charge is 2.16. The van der Waals surface area contributed by atoms with E-state index >= 15 is 0 Å². The summed E-state index contributed by atoms with van der Waals surface area (Å²) in [4.78, 5) is 5.17. The van der Waals surface area contributed by atoms with Crippen LogP contribution < -0.4 is 10.6 Å². The van der Waals surface area contributed by atoms with Crippen LogP contribution in [-0.4, -0.2) is 5.96 Å². The number of guanidine groups is 1. The maximum atomic E-state index is 5.17. The molecule has 0 aromatic heterocycles. The van der Waals surface area contributed by atoms with Crippen LogP contribution in [0.2, 0.25) is 0 Å². The van der Waals surface area contributed by atoms with Gasteiger partial charge in [0, 0.05) is 11.4 Å². The first-order chi connectivity index (χ1) is 15.6. The Balaban J connectivity index is 2.18. The molecule has 3 nitrogen and oxygen atoms in total. The molecule has 0 amide bonds. The van der Waals surface area contributed by atoms with Crippen molar-refractivity contribution in [2.24, 2.45) is 4.99 Å². The second-order valence-electron chi connectivity index (χ2n) is 9.85. The molecule has 0 heterocycles. The van der Waals surface area contributed by atoms with Gasteiger partial charge in [-0.05, 0) is 79.8 Å². The van der Waals surface area contributed by atoms with Gasteiger partial charge in [-0.25, -0.2) is 4.99 Å². The monoisotopic (exact) mass is 441 g/mol. The molecule has 0 spiro atoms. The molecule has 0 atom stereocenters. The van der Waals surface area contributed by atoms with E-state index in [9.17, 15) is 0 Å². The zero-order chi connectivity index (χ0) is 24.3. The highest BCUT2D eigenvalue weighted by molar-refractivity contribution is 6.06. The number of aliphatic imine (C=N–C) groups is 1. The molecule has 3 rings (SSSR count). The summed E-state index contributed by atoms with van der Waals surface area (Å²) in [5.41, 5.74) is 11.9. The maximum Gasteiger partial charge on any atom is 0.205 e. The SMILES string of the molecule is Cc1cc(C)c(N=C(Nc2c(C)cccc2C(C)C)Nc2c(C)cccc2C(C)C)c(C)c1. The minimum absolute atomic E-state index is 0.404. The molecule has 0 aliphatic heterocycles. The highest BCUT2D eigenvalue weighted by atomic mass is 15.2. The second-order valence-corrected chi connectivity index (χ2v) is 9.85. The fraction of sp³-hybridized carbons (Fsp3) is 0.367. The van der Waals surface area contributed by atoms with E-state index in [4.69, 9.17) is 4.99 Å². The Kier molecular flexibility index (Phi) is 7.63. The number of hydrogen-bond donors (Lipinski definition) is 2. The van der Waals surface area contributed by atoms with Crippen molar-refractivity contribution in [2.45, 2.75) is 74.1 Å². The summed E-state index contributed by atoms with van der Waals surface area (Å²) < 4.78 is 0. The van der Waals surface area contributed by atoms with Gasteiger partial charge in [0.25, 0.3) is 0 Å². The van der Waals surface area contributed by atoms with Crippen LogP contribution in [0.3, 0.4) is 0 Å². The van der Waals surface area contributed by atoms with E-state index in [0.29, 0.717) is 11.8 Å². The Labute approximate surface area is 200 Å². The Morgan fingerprint density at radius 3 is 1.45 bits per heavy atom. The largest absolute Gasteiger partial charge is 0.325 e. The van der Waals surface area contributed by atoms with Crippen LogP contribution in [0.25, 0.3) is 0 Å². The van der Waals surface area contributed by atoms with Crippen molar-refractivity contribution < 1.29 is 0 Å². The maximum absolute atomic E-state index is 5.17. The number of nitrogens with zero attached hydrogens (tertiary/aromatic N) is 1. The van der Waals surface area contributed by atoms with Crippen molar-refractivity contribution >= 4 is 23.0 Å². The molecular weight excluding hydrogens is 402 g/mol. The van der Waals surface area contributed by atoms with Crippen LogP contribution >= 0.6 is 0 Å². The third-order valence-electron chi connectivity index (χ3n) is 6.20. The number of para-hydroxylation sites is 2. The van der Waals surface area contributed by atoms with Crippen molar-refractivity contribution in [2.75, 3.05) is 10.6 Å². The van der Waals surface area contributed by atoms with E-state index in [2.05, 4.69) is 121 Å². The quantitative estimate of drug-likeness (QED) is 0.307. The van der Waals surface area contributed by atoms with E-state index in [-0.39, 0.29) is 0 Å². The predicted octanol–water partition coefficient (Wildman–Crippen LogP) is 8.69. The first-order valence-electron chi connectivity index (χ1n) is 12.0. The number of aryl methyl sites for hydroxylation is 5. The molecular formula is C30H39N3. The summed E-state index contributed by atoms with van der Waals surface area (Å²) >= 11 is 0. The Hall–Kier alpha value is -3.07. The standard InChI is InChI=1S/C30H39N3/c1-18(2)25-14-10-12-21(6)28(25)32-30(31-27-23(8)16-20(5)17-24(27)9)33-29-22(7)13-11-15-26(29)19(3)4/h10-19H,1-9H3,(H2,31,32,33). The van der Waals surface area contributed by atoms with Gasteiger partial charge in [-0.3, -0.25) is 0 Å². The molecule has 0 fully saturated rings. The average Bonchev–Trinajstić information content (AvgIpc) is 2.72. The van der Waals surface area contributed by atoms with E-state index < -0.39 is 0 Å². The summed E-state index contributed by atoms with van der Waals surface area (Å²) in [7, 11) is 0. The number of hydrogen-bond acceptors (Lipinski definition) is 1. The first-order valence-corrected chi connectivity index (χ1v) is 12.0. The highest BCUT2D eigenvalue weighted by Crippen LogP contribution is 2.32. The van der Waals surface area contributed by atoms with Crippen LogP contribution in [0.15, 0.2) is 53.5 Å². The van der Waals surface area contributed by atoms with Gasteiger partial charge in [0.05, 0.1) is 5.69 Å². The topological polar surface area (TPSA) is 36.4 Å². The zero-order valence-corrected chi connectivity index (χ0v) is 21.7. The van der Waals surface area contributed by atoms with E-state index in [1.165, 1.54) is 38.9 Å². The third kappa shape index (κ3) is 5.65. The van der Waals surface area contributed by atoms with E-state index in [1.807, 2.05) is 0 Å². The van der Waals surface area contributed by atoms with Crippen molar-refractivity contribution in [3.63, 3.8) is 0 Å². The molecule has 0 radical (unpaired) electrons. The van der Waals surface area contributed by atoms with Crippen LogP contribution in [0.4, 0.5) is 17.1 Å². The minimum Gasteiger partial charge on any atom is -0.325 e. The number of anilines is 2. The molecule has 174 valence electrons. The summed E-state index contributed by atoms with van der Waals surface area (Å²) in [5.74, 6) is 1.56. The molecule has 0 saturated carbocycles. The van der Waals surface area contributed by atoms with E-state index in [0.717, 1.165) is 23.0 Å². The molecule has 0 aliphatic carbocycles. The van der Waals surface area contributed by atoms with Crippen molar-refractivity contribution in [1.82, 2.24) is 0 Å². The lowest BCUT2D eigenvalue weighted by Gasteiger charge is -2.22. The van der Waals surface area contributed by atoms with E-state index in [1.54, 1.807) is 0 Å². The van der Waals surface area contributed by atoms with Crippen molar-refractivity contribution in [3.05, 3.63) is 87.5 Å². The van der Waals surface area contributed by atoms with Crippen LogP contribution in [0.1, 0.15) is 78.5 Å². The lowest BCUT2D eigenvalue weighted by atomic mass is 9.97. The lowest BCUT2D eigenvalue weighted by molar-refractivity contribution is 0.867. The van der Waals surface area contributed by atoms with Gasteiger partial charge < -0.3 is 10.6 Å². The minimum atomic E-state index is 0.404. The van der Waals surface area contributed by atoms with Crippen molar-refractivity contribution in [1.29, 1.82) is 0 Å². The molecule has 0 unspecified atom stereocenters. The van der Waals surface area contributed by atoms with Gasteiger partial charge in [-0.2, -0.15) is 0 Å². The Morgan fingerprint density at radius 1 is 0.636 bits per heavy atom. The Morgan fingerprint density at radius 2 is 1.06 bits per heavy atom. The van der Waals surface area contributed by atoms with Gasteiger partial charge in [0.1, 0.15) is 0 Å². The second kappa shape index (κ2) is 10.2. The summed E-state index contributed by atoms with van der Waals surface area (Å²) in [6.07, 6.45) is 0. The van der Waals surface area contributed by atoms with Crippen LogP contribution in [0, 0.1) is 34.6 Å². The van der Waals surface area contributed by atoms with Gasteiger partial charge in [0.15, 0.2) is 0 Å². The smallest absolute Gasteiger partial charge is 0.205 e. The summed E-state index contributed by atoms with van der Waals surface area (Å²) in [6.45, 7) is 19.6. The normalized spacial score (nSPS) is 11.1. The summed E-state index contributed by atoms with van der Waals surface area (Å²) in [6, 6.07) is 17.4. The molecule has 3 aromatic carbocycles. The molecule has 3 heteroatoms. The molecule has 3 aromatic rings. The van der Waals surface area contributed by atoms with Gasteiger partial charge in [-0.15, -0.1) is 0 Å². The van der Waals surface area contributed by atoms with Gasteiger partial charge in [0.2, 0.25) is 5.96 Å². The van der Waals surface area contributed by atoms with Gasteiger partial charge in [-0.1, -0.05) is 81.8 Å². The fourth-order valence-electron chi connectivity index (χ4n) is 4.47. The fourth-order valence-corrected chi connectivity index (χ4v) is 4.47. The average molecular weight is 442 g/mol. The predicted molar refractivity (Wildman–Crippen MR) is 146 cm³/mol. The van der Waals surface area contributed by atoms with Crippen LogP contribution in [0.5, 0.6) is 0 Å². The lowest BCUT2D eigenvalue weighted by Crippen LogP contribution is -2.25. The molecule has 0 aliphatic rings. The van der Waals surface area contributed by atoms with Gasteiger partial charge >= 0.3 is 0 Å². The molecule has 0 saturated heterocycles. The molecule has 33 heavy (non-hydrogen) atoms. The number of benzene rings is 3. The summed E-state index contributed by atoms with van der Waals surface area (Å²) in [5, 5.41) is 7.39. The van der Waals surface area contributed by atoms with Crippen molar-refractivity contribution in [3.8, 4) is 0 Å². The number of nitrogens with one attached hydrogen (secondary N) is 2. The number of rotatable bonds is 5. The Bertz CT molecular complexity index is 1080. The molecule has 2 N–H and O–H groups in total.